The first kappa shape index (κ1) is 16.4. The van der Waals surface area contributed by atoms with Crippen LogP contribution in [-0.2, 0) is 16.4 Å². The maximum atomic E-state index is 12.6. The summed E-state index contributed by atoms with van der Waals surface area (Å²) in [5.74, 6) is 0.633. The number of carbonyl (C=O) groups excluding carboxylic acids is 1. The Kier molecular flexibility index (Phi) is 4.72. The van der Waals surface area contributed by atoms with Crippen LogP contribution < -0.4 is 0 Å². The number of carbonyl (C=O) groups is 1. The van der Waals surface area contributed by atoms with Crippen molar-refractivity contribution in [2.75, 3.05) is 37.7 Å². The van der Waals surface area contributed by atoms with Crippen molar-refractivity contribution < 1.29 is 13.2 Å². The molecular formula is C15H24N4O3S. The molecule has 0 saturated carbocycles. The Bertz CT molecular complexity index is 648. The maximum absolute atomic E-state index is 12.6. The van der Waals surface area contributed by atoms with E-state index in [0.717, 1.165) is 25.9 Å². The third-order valence-electron chi connectivity index (χ3n) is 4.88. The summed E-state index contributed by atoms with van der Waals surface area (Å²) in [7, 11) is -2.82. The summed E-state index contributed by atoms with van der Waals surface area (Å²) in [6.07, 6.45) is 3.10. The van der Waals surface area contributed by atoms with Crippen molar-refractivity contribution in [3.05, 3.63) is 18.0 Å². The molecule has 7 nitrogen and oxygen atoms in total. The average Bonchev–Trinajstić information content (AvgIpc) is 3.03. The third kappa shape index (κ3) is 3.58. The minimum atomic E-state index is -2.82. The van der Waals surface area contributed by atoms with Crippen LogP contribution >= 0.6 is 0 Å². The summed E-state index contributed by atoms with van der Waals surface area (Å²) >= 11 is 0. The standard InChI is InChI=1S/C15H24N4O3S/c1-2-19-14(3-6-16-19)15(20)18-9-7-17(8-10-18)13-4-11-23(21,22)12-5-13/h3,6,13H,2,4-5,7-12H2,1H3. The molecule has 2 aliphatic rings. The average molecular weight is 340 g/mol. The molecule has 23 heavy (non-hydrogen) atoms. The molecule has 0 N–H and O–H groups in total. The summed E-state index contributed by atoms with van der Waals surface area (Å²) in [5, 5.41) is 4.15. The monoisotopic (exact) mass is 340 g/mol. The largest absolute Gasteiger partial charge is 0.335 e. The Balaban J connectivity index is 1.55. The van der Waals surface area contributed by atoms with Gasteiger partial charge in [-0.3, -0.25) is 14.4 Å². The molecular weight excluding hydrogens is 316 g/mol. The molecule has 0 radical (unpaired) electrons. The lowest BCUT2D eigenvalue weighted by Gasteiger charge is -2.40. The lowest BCUT2D eigenvalue weighted by atomic mass is 10.1. The predicted molar refractivity (Wildman–Crippen MR) is 87.1 cm³/mol. The zero-order chi connectivity index (χ0) is 16.4. The van der Waals surface area contributed by atoms with Gasteiger partial charge in [-0.1, -0.05) is 0 Å². The molecule has 1 amide bonds. The number of aromatic nitrogens is 2. The van der Waals surface area contributed by atoms with E-state index >= 15 is 0 Å². The molecule has 0 unspecified atom stereocenters. The smallest absolute Gasteiger partial charge is 0.272 e. The van der Waals surface area contributed by atoms with Crippen LogP contribution in [0.15, 0.2) is 12.3 Å². The zero-order valence-electron chi connectivity index (χ0n) is 13.5. The molecule has 0 atom stereocenters. The number of amides is 1. The van der Waals surface area contributed by atoms with Gasteiger partial charge in [0.15, 0.2) is 0 Å². The van der Waals surface area contributed by atoms with Crippen molar-refractivity contribution in [3.8, 4) is 0 Å². The first-order valence-corrected chi connectivity index (χ1v) is 10.1. The Morgan fingerprint density at radius 2 is 1.87 bits per heavy atom. The number of nitrogens with zero attached hydrogens (tertiary/aromatic N) is 4. The van der Waals surface area contributed by atoms with Gasteiger partial charge in [0.1, 0.15) is 15.5 Å². The molecule has 2 aliphatic heterocycles. The van der Waals surface area contributed by atoms with E-state index in [9.17, 15) is 13.2 Å². The van der Waals surface area contributed by atoms with Gasteiger partial charge in [-0.05, 0) is 25.8 Å². The highest BCUT2D eigenvalue weighted by atomic mass is 32.2. The summed E-state index contributed by atoms with van der Waals surface area (Å²) in [5.41, 5.74) is 0.643. The van der Waals surface area contributed by atoms with Crippen molar-refractivity contribution in [1.82, 2.24) is 19.6 Å². The summed E-state index contributed by atoms with van der Waals surface area (Å²) < 4.78 is 24.8. The first-order valence-electron chi connectivity index (χ1n) is 8.26. The SMILES string of the molecule is CCn1nccc1C(=O)N1CCN(C2CCS(=O)(=O)CC2)CC1. The first-order chi connectivity index (χ1) is 11.0. The van der Waals surface area contributed by atoms with Gasteiger partial charge in [0.2, 0.25) is 0 Å². The van der Waals surface area contributed by atoms with Gasteiger partial charge in [0, 0.05) is 45.0 Å². The maximum Gasteiger partial charge on any atom is 0.272 e. The van der Waals surface area contributed by atoms with E-state index < -0.39 is 9.84 Å². The van der Waals surface area contributed by atoms with Gasteiger partial charge in [0.25, 0.3) is 5.91 Å². The highest BCUT2D eigenvalue weighted by Crippen LogP contribution is 2.20. The van der Waals surface area contributed by atoms with E-state index in [1.54, 1.807) is 16.9 Å². The predicted octanol–water partition coefficient (Wildman–Crippen LogP) is 0.238. The molecule has 3 heterocycles. The van der Waals surface area contributed by atoms with Crippen LogP contribution in [0.4, 0.5) is 0 Å². The van der Waals surface area contributed by atoms with Crippen molar-refractivity contribution in [1.29, 1.82) is 0 Å². The number of sulfone groups is 1. The number of rotatable bonds is 3. The highest BCUT2D eigenvalue weighted by molar-refractivity contribution is 7.91. The van der Waals surface area contributed by atoms with E-state index in [1.807, 2.05) is 11.8 Å². The van der Waals surface area contributed by atoms with Crippen LogP contribution in [0.1, 0.15) is 30.3 Å². The van der Waals surface area contributed by atoms with Gasteiger partial charge < -0.3 is 4.90 Å². The number of hydrogen-bond acceptors (Lipinski definition) is 5. The van der Waals surface area contributed by atoms with E-state index in [-0.39, 0.29) is 5.91 Å². The lowest BCUT2D eigenvalue weighted by Crippen LogP contribution is -2.53. The highest BCUT2D eigenvalue weighted by Gasteiger charge is 2.31. The van der Waals surface area contributed by atoms with E-state index in [4.69, 9.17) is 0 Å². The second kappa shape index (κ2) is 6.60. The molecule has 2 fully saturated rings. The van der Waals surface area contributed by atoms with Gasteiger partial charge in [0.05, 0.1) is 11.5 Å². The number of piperazine rings is 1. The van der Waals surface area contributed by atoms with Crippen LogP contribution in [0.5, 0.6) is 0 Å². The van der Waals surface area contributed by atoms with E-state index in [1.165, 1.54) is 0 Å². The summed E-state index contributed by atoms with van der Waals surface area (Å²) in [6.45, 7) is 5.67. The number of hydrogen-bond donors (Lipinski definition) is 0. The molecule has 2 saturated heterocycles. The molecule has 0 aromatic carbocycles. The quantitative estimate of drug-likeness (QED) is 0.788. The topological polar surface area (TPSA) is 75.5 Å². The van der Waals surface area contributed by atoms with Gasteiger partial charge in [-0.2, -0.15) is 5.10 Å². The molecule has 8 heteroatoms. The van der Waals surface area contributed by atoms with Crippen LogP contribution in [-0.4, -0.2) is 77.6 Å². The minimum absolute atomic E-state index is 0.0372. The molecule has 0 bridgehead atoms. The fourth-order valence-electron chi connectivity index (χ4n) is 3.46. The van der Waals surface area contributed by atoms with Gasteiger partial charge >= 0.3 is 0 Å². The van der Waals surface area contributed by atoms with Gasteiger partial charge in [-0.15, -0.1) is 0 Å². The van der Waals surface area contributed by atoms with Crippen molar-refractivity contribution in [3.63, 3.8) is 0 Å². The zero-order valence-corrected chi connectivity index (χ0v) is 14.3. The fourth-order valence-corrected chi connectivity index (χ4v) is 4.93. The van der Waals surface area contributed by atoms with Gasteiger partial charge in [-0.25, -0.2) is 8.42 Å². The fraction of sp³-hybridized carbons (Fsp3) is 0.733. The summed E-state index contributed by atoms with van der Waals surface area (Å²) in [6, 6.07) is 2.11. The molecule has 1 aromatic heterocycles. The molecule has 0 aliphatic carbocycles. The van der Waals surface area contributed by atoms with Crippen LogP contribution in [0, 0.1) is 0 Å². The van der Waals surface area contributed by atoms with Crippen LogP contribution in [0.2, 0.25) is 0 Å². The Hall–Kier alpha value is -1.41. The number of aryl methyl sites for hydroxylation is 1. The Morgan fingerprint density at radius 1 is 1.22 bits per heavy atom. The van der Waals surface area contributed by atoms with Crippen molar-refractivity contribution >= 4 is 15.7 Å². The van der Waals surface area contributed by atoms with Crippen LogP contribution in [0.3, 0.4) is 0 Å². The normalized spacial score (nSPS) is 23.1. The second-order valence-electron chi connectivity index (χ2n) is 6.24. The van der Waals surface area contributed by atoms with E-state index in [2.05, 4.69) is 10.00 Å². The molecule has 3 rings (SSSR count). The van der Waals surface area contributed by atoms with Crippen molar-refractivity contribution in [2.24, 2.45) is 0 Å². The molecule has 128 valence electrons. The van der Waals surface area contributed by atoms with Crippen LogP contribution in [0.25, 0.3) is 0 Å². The Morgan fingerprint density at radius 3 is 2.48 bits per heavy atom. The lowest BCUT2D eigenvalue weighted by molar-refractivity contribution is 0.0547. The third-order valence-corrected chi connectivity index (χ3v) is 6.59. The molecule has 0 spiro atoms. The Labute approximate surface area is 137 Å². The van der Waals surface area contributed by atoms with E-state index in [0.29, 0.717) is 42.9 Å². The second-order valence-corrected chi connectivity index (χ2v) is 8.55. The molecule has 1 aromatic rings. The van der Waals surface area contributed by atoms with Crippen molar-refractivity contribution in [2.45, 2.75) is 32.4 Å². The summed E-state index contributed by atoms with van der Waals surface area (Å²) in [4.78, 5) is 16.8. The minimum Gasteiger partial charge on any atom is -0.335 e.